The Morgan fingerprint density at radius 1 is 0.970 bits per heavy atom. The molecule has 1 atom stereocenters. The van der Waals surface area contributed by atoms with Crippen molar-refractivity contribution in [1.29, 1.82) is 0 Å². The molecule has 0 bridgehead atoms. The maximum absolute atomic E-state index is 14.8. The Bertz CT molecular complexity index is 1530. The largest absolute Gasteiger partial charge is 0.351 e. The minimum Gasteiger partial charge on any atom is -0.351 e. The van der Waals surface area contributed by atoms with Crippen molar-refractivity contribution >= 4 is 33.6 Å². The standard InChI is InChI=1S/C26H19FN4O2/c27-19-10-3-2-9-18(19)22-13-16-7-5-8-17-14-28-26(33)24(31(22)23(16)17)30-25(32)21-12-15-6-1-4-11-20(15)29-21/h1-13,24,29H,14H2,(H,28,33)(H,30,32). The van der Waals surface area contributed by atoms with E-state index in [4.69, 9.17) is 0 Å². The van der Waals surface area contributed by atoms with Gasteiger partial charge in [0.25, 0.3) is 11.8 Å². The van der Waals surface area contributed by atoms with E-state index in [0.29, 0.717) is 23.5 Å². The van der Waals surface area contributed by atoms with Crippen LogP contribution in [0.5, 0.6) is 0 Å². The van der Waals surface area contributed by atoms with Gasteiger partial charge in [-0.1, -0.05) is 48.5 Å². The molecule has 3 aromatic carbocycles. The van der Waals surface area contributed by atoms with Crippen molar-refractivity contribution in [2.45, 2.75) is 12.7 Å². The molecule has 6 rings (SSSR count). The van der Waals surface area contributed by atoms with Crippen molar-refractivity contribution < 1.29 is 14.0 Å². The number of carbonyl (C=O) groups excluding carboxylic acids is 2. The van der Waals surface area contributed by atoms with Gasteiger partial charge in [0.05, 0.1) is 11.2 Å². The molecule has 162 valence electrons. The van der Waals surface area contributed by atoms with Crippen molar-refractivity contribution in [2.75, 3.05) is 0 Å². The van der Waals surface area contributed by atoms with E-state index >= 15 is 0 Å². The maximum Gasteiger partial charge on any atom is 0.269 e. The van der Waals surface area contributed by atoms with E-state index in [2.05, 4.69) is 15.6 Å². The fraction of sp³-hybridized carbons (Fsp3) is 0.0769. The van der Waals surface area contributed by atoms with Crippen molar-refractivity contribution in [3.63, 3.8) is 0 Å². The molecule has 1 aliphatic rings. The Balaban J connectivity index is 1.51. The molecular weight excluding hydrogens is 419 g/mol. The molecule has 2 amide bonds. The molecule has 0 saturated carbocycles. The number of H-pyrrole nitrogens is 1. The first kappa shape index (κ1) is 19.3. The van der Waals surface area contributed by atoms with Gasteiger partial charge in [-0.3, -0.25) is 9.59 Å². The first-order valence-corrected chi connectivity index (χ1v) is 10.6. The summed E-state index contributed by atoms with van der Waals surface area (Å²) in [6.07, 6.45) is -1.06. The molecule has 3 N–H and O–H groups in total. The van der Waals surface area contributed by atoms with Crippen molar-refractivity contribution in [2.24, 2.45) is 0 Å². The van der Waals surface area contributed by atoms with Crippen molar-refractivity contribution in [3.05, 3.63) is 95.9 Å². The van der Waals surface area contributed by atoms with Crippen LogP contribution in [0.2, 0.25) is 0 Å². The van der Waals surface area contributed by atoms with Crippen LogP contribution in [0, 0.1) is 5.82 Å². The van der Waals surface area contributed by atoms with Crippen LogP contribution < -0.4 is 10.6 Å². The molecule has 0 spiro atoms. The Kier molecular flexibility index (Phi) is 4.29. The van der Waals surface area contributed by atoms with Gasteiger partial charge in [0.2, 0.25) is 0 Å². The third kappa shape index (κ3) is 3.09. The number of para-hydroxylation sites is 2. The lowest BCUT2D eigenvalue weighted by Gasteiger charge is -2.21. The van der Waals surface area contributed by atoms with Gasteiger partial charge in [0.15, 0.2) is 6.17 Å². The molecular formula is C26H19FN4O2. The Labute approximate surface area is 188 Å². The molecule has 7 heteroatoms. The highest BCUT2D eigenvalue weighted by atomic mass is 19.1. The van der Waals surface area contributed by atoms with Gasteiger partial charge in [-0.25, -0.2) is 4.39 Å². The minimum absolute atomic E-state index is 0.315. The number of aromatic amines is 1. The van der Waals surface area contributed by atoms with Gasteiger partial charge in [0, 0.05) is 28.4 Å². The highest BCUT2D eigenvalue weighted by molar-refractivity contribution is 6.01. The molecule has 6 nitrogen and oxygen atoms in total. The summed E-state index contributed by atoms with van der Waals surface area (Å²) in [4.78, 5) is 29.5. The van der Waals surface area contributed by atoms with E-state index in [0.717, 1.165) is 27.4 Å². The van der Waals surface area contributed by atoms with E-state index in [1.165, 1.54) is 6.07 Å². The van der Waals surface area contributed by atoms with Crippen LogP contribution >= 0.6 is 0 Å². The SMILES string of the molecule is O=C(NC1C(=O)NCc2cccc3cc(-c4ccccc4F)n1c23)c1cc2ccccc2[nH]1. The smallest absolute Gasteiger partial charge is 0.269 e. The lowest BCUT2D eigenvalue weighted by atomic mass is 10.1. The fourth-order valence-electron chi connectivity index (χ4n) is 4.57. The van der Waals surface area contributed by atoms with E-state index in [9.17, 15) is 14.0 Å². The van der Waals surface area contributed by atoms with Crippen LogP contribution in [0.3, 0.4) is 0 Å². The van der Waals surface area contributed by atoms with Crippen LogP contribution in [0.1, 0.15) is 22.2 Å². The molecule has 0 saturated heterocycles. The number of hydrogen-bond acceptors (Lipinski definition) is 2. The van der Waals surface area contributed by atoms with E-state index in [-0.39, 0.29) is 5.91 Å². The quantitative estimate of drug-likeness (QED) is 0.388. The number of fused-ring (bicyclic) bond motifs is 1. The number of rotatable bonds is 3. The molecule has 2 aromatic heterocycles. The number of amides is 2. The van der Waals surface area contributed by atoms with Gasteiger partial charge >= 0.3 is 0 Å². The van der Waals surface area contributed by atoms with Crippen LogP contribution in [0.4, 0.5) is 4.39 Å². The van der Waals surface area contributed by atoms with E-state index < -0.39 is 17.9 Å². The van der Waals surface area contributed by atoms with Gasteiger partial charge in [-0.2, -0.15) is 0 Å². The average Bonchev–Trinajstić information content (AvgIpc) is 3.39. The summed E-state index contributed by atoms with van der Waals surface area (Å²) < 4.78 is 16.5. The predicted molar refractivity (Wildman–Crippen MR) is 124 cm³/mol. The highest BCUT2D eigenvalue weighted by Crippen LogP contribution is 2.35. The van der Waals surface area contributed by atoms with Crippen molar-refractivity contribution in [1.82, 2.24) is 20.2 Å². The second kappa shape index (κ2) is 7.34. The third-order valence-corrected chi connectivity index (χ3v) is 6.10. The summed E-state index contributed by atoms with van der Waals surface area (Å²) in [7, 11) is 0. The summed E-state index contributed by atoms with van der Waals surface area (Å²) in [5, 5.41) is 7.51. The van der Waals surface area contributed by atoms with Crippen LogP contribution in [-0.4, -0.2) is 21.4 Å². The molecule has 5 aromatic rings. The number of nitrogens with zero attached hydrogens (tertiary/aromatic N) is 1. The fourth-order valence-corrected chi connectivity index (χ4v) is 4.57. The molecule has 3 heterocycles. The lowest BCUT2D eigenvalue weighted by molar-refractivity contribution is -0.124. The Morgan fingerprint density at radius 3 is 2.61 bits per heavy atom. The number of benzene rings is 3. The number of carbonyl (C=O) groups is 2. The van der Waals surface area contributed by atoms with Gasteiger partial charge < -0.3 is 20.2 Å². The molecule has 0 fully saturated rings. The summed E-state index contributed by atoms with van der Waals surface area (Å²) in [5.41, 5.74) is 3.74. The number of nitrogens with one attached hydrogen (secondary N) is 3. The number of halogens is 1. The first-order valence-electron chi connectivity index (χ1n) is 10.6. The zero-order chi connectivity index (χ0) is 22.5. The van der Waals surface area contributed by atoms with Crippen LogP contribution in [0.15, 0.2) is 78.9 Å². The summed E-state index contributed by atoms with van der Waals surface area (Å²) in [6, 6.07) is 23.3. The summed E-state index contributed by atoms with van der Waals surface area (Å²) in [6.45, 7) is 0.315. The van der Waals surface area contributed by atoms with Crippen LogP contribution in [0.25, 0.3) is 33.1 Å². The molecule has 0 aliphatic carbocycles. The van der Waals surface area contributed by atoms with Gasteiger partial charge in [-0.05, 0) is 35.9 Å². The second-order valence-electron chi connectivity index (χ2n) is 8.10. The zero-order valence-electron chi connectivity index (χ0n) is 17.4. The third-order valence-electron chi connectivity index (χ3n) is 6.10. The Morgan fingerprint density at radius 2 is 1.76 bits per heavy atom. The summed E-state index contributed by atoms with van der Waals surface area (Å²) in [5.74, 6) is -1.19. The number of hydrogen-bond donors (Lipinski definition) is 3. The zero-order valence-corrected chi connectivity index (χ0v) is 17.4. The number of aromatic nitrogens is 2. The molecule has 0 radical (unpaired) electrons. The normalized spacial score (nSPS) is 15.4. The maximum atomic E-state index is 14.8. The lowest BCUT2D eigenvalue weighted by Crippen LogP contribution is -2.42. The topological polar surface area (TPSA) is 78.9 Å². The van der Waals surface area contributed by atoms with E-state index in [1.807, 2.05) is 48.5 Å². The average molecular weight is 438 g/mol. The molecule has 1 aliphatic heterocycles. The van der Waals surface area contributed by atoms with E-state index in [1.54, 1.807) is 28.8 Å². The Hall–Kier alpha value is -4.39. The van der Waals surface area contributed by atoms with Crippen molar-refractivity contribution in [3.8, 4) is 11.3 Å². The predicted octanol–water partition coefficient (Wildman–Crippen LogP) is 4.49. The first-order chi connectivity index (χ1) is 16.1. The molecule has 1 unspecified atom stereocenters. The van der Waals surface area contributed by atoms with Gasteiger partial charge in [-0.15, -0.1) is 0 Å². The van der Waals surface area contributed by atoms with Gasteiger partial charge in [0.1, 0.15) is 11.5 Å². The second-order valence-corrected chi connectivity index (χ2v) is 8.10. The monoisotopic (exact) mass is 438 g/mol. The minimum atomic E-state index is -1.06. The summed E-state index contributed by atoms with van der Waals surface area (Å²) >= 11 is 0. The highest BCUT2D eigenvalue weighted by Gasteiger charge is 2.31. The van der Waals surface area contributed by atoms with Crippen LogP contribution in [-0.2, 0) is 11.3 Å². The molecule has 33 heavy (non-hydrogen) atoms.